The van der Waals surface area contributed by atoms with Gasteiger partial charge >= 0.3 is 0 Å². The summed E-state index contributed by atoms with van der Waals surface area (Å²) >= 11 is 0. The van der Waals surface area contributed by atoms with Crippen molar-refractivity contribution in [2.45, 2.75) is 6.42 Å². The number of allylic oxidation sites excluding steroid dienone is 1. The molecular formula is C9H7FO. The molecule has 56 valence electrons. The molecule has 0 heterocycles. The Morgan fingerprint density at radius 1 is 1.36 bits per heavy atom. The van der Waals surface area contributed by atoms with Crippen LogP contribution in [0.1, 0.15) is 11.1 Å². The molecule has 0 bridgehead atoms. The first-order valence-electron chi connectivity index (χ1n) is 3.45. The van der Waals surface area contributed by atoms with Crippen LogP contribution in [0.2, 0.25) is 0 Å². The molecule has 0 radical (unpaired) electrons. The molecule has 2 heteroatoms. The van der Waals surface area contributed by atoms with Crippen LogP contribution < -0.4 is 0 Å². The number of aromatic hydroxyl groups is 1. The topological polar surface area (TPSA) is 20.2 Å². The van der Waals surface area contributed by atoms with E-state index < -0.39 is 0 Å². The summed E-state index contributed by atoms with van der Waals surface area (Å²) < 4.78 is 13.0. The number of hydrogen-bond acceptors (Lipinski definition) is 1. The van der Waals surface area contributed by atoms with Crippen LogP contribution >= 0.6 is 0 Å². The van der Waals surface area contributed by atoms with Crippen LogP contribution in [0.4, 0.5) is 4.39 Å². The van der Waals surface area contributed by atoms with Crippen molar-refractivity contribution in [1.82, 2.24) is 0 Å². The predicted molar refractivity (Wildman–Crippen MR) is 40.8 cm³/mol. The van der Waals surface area contributed by atoms with Crippen molar-refractivity contribution in [3.63, 3.8) is 0 Å². The first-order chi connectivity index (χ1) is 5.27. The Labute approximate surface area is 63.8 Å². The highest BCUT2D eigenvalue weighted by Gasteiger charge is 2.11. The van der Waals surface area contributed by atoms with Crippen LogP contribution in [0, 0.1) is 5.82 Å². The number of hydrogen-bond donors (Lipinski definition) is 1. The summed E-state index contributed by atoms with van der Waals surface area (Å²) in [6, 6.07) is 2.72. The Balaban J connectivity index is 2.66. The van der Waals surface area contributed by atoms with Crippen LogP contribution in [-0.4, -0.2) is 5.11 Å². The lowest BCUT2D eigenvalue weighted by atomic mass is 10.1. The van der Waals surface area contributed by atoms with Crippen LogP contribution in [-0.2, 0) is 6.42 Å². The molecule has 0 fully saturated rings. The van der Waals surface area contributed by atoms with E-state index in [-0.39, 0.29) is 11.6 Å². The van der Waals surface area contributed by atoms with Gasteiger partial charge in [0.25, 0.3) is 0 Å². The minimum absolute atomic E-state index is 0.00667. The fraction of sp³-hybridized carbons (Fsp3) is 0.111. The molecule has 1 aliphatic carbocycles. The molecular weight excluding hydrogens is 143 g/mol. The molecule has 0 spiro atoms. The zero-order chi connectivity index (χ0) is 7.84. The number of phenolic OH excluding ortho intramolecular Hbond substituents is 1. The van der Waals surface area contributed by atoms with Gasteiger partial charge in [-0.3, -0.25) is 0 Å². The highest BCUT2D eigenvalue weighted by Crippen LogP contribution is 2.26. The summed E-state index contributed by atoms with van der Waals surface area (Å²) in [7, 11) is 0. The highest BCUT2D eigenvalue weighted by atomic mass is 19.1. The monoisotopic (exact) mass is 150 g/mol. The maximum absolute atomic E-state index is 13.0. The standard InChI is InChI=1S/C9H7FO/c10-9-5-7(11)4-6-2-1-3-8(6)9/h1-2,4-5,11H,3H2. The van der Waals surface area contributed by atoms with Gasteiger partial charge in [-0.15, -0.1) is 0 Å². The normalized spacial score (nSPS) is 13.5. The summed E-state index contributed by atoms with van der Waals surface area (Å²) in [5.41, 5.74) is 1.48. The SMILES string of the molecule is Oc1cc(F)c2c(c1)C=CC2. The molecule has 0 aromatic heterocycles. The van der Waals surface area contributed by atoms with Crippen molar-refractivity contribution < 1.29 is 9.50 Å². The fourth-order valence-electron chi connectivity index (χ4n) is 1.31. The van der Waals surface area contributed by atoms with Crippen LogP contribution in [0.25, 0.3) is 6.08 Å². The van der Waals surface area contributed by atoms with Crippen molar-refractivity contribution in [3.05, 3.63) is 35.2 Å². The molecule has 2 rings (SSSR count). The summed E-state index contributed by atoms with van der Waals surface area (Å²) in [5, 5.41) is 9.00. The van der Waals surface area contributed by atoms with Gasteiger partial charge in [0.1, 0.15) is 11.6 Å². The van der Waals surface area contributed by atoms with E-state index in [1.165, 1.54) is 0 Å². The van der Waals surface area contributed by atoms with Gasteiger partial charge in [-0.05, 0) is 23.6 Å². The van der Waals surface area contributed by atoms with Gasteiger partial charge in [-0.1, -0.05) is 12.2 Å². The second-order valence-electron chi connectivity index (χ2n) is 2.60. The van der Waals surface area contributed by atoms with Gasteiger partial charge in [-0.25, -0.2) is 4.39 Å². The van der Waals surface area contributed by atoms with Crippen molar-refractivity contribution in [2.75, 3.05) is 0 Å². The Morgan fingerprint density at radius 2 is 2.18 bits per heavy atom. The Morgan fingerprint density at radius 3 is 3.00 bits per heavy atom. The van der Waals surface area contributed by atoms with Gasteiger partial charge in [0.15, 0.2) is 0 Å². The van der Waals surface area contributed by atoms with Gasteiger partial charge in [-0.2, -0.15) is 0 Å². The molecule has 0 aliphatic heterocycles. The first kappa shape index (κ1) is 6.40. The second-order valence-corrected chi connectivity index (χ2v) is 2.60. The molecule has 1 aliphatic rings. The van der Waals surface area contributed by atoms with E-state index in [9.17, 15) is 4.39 Å². The largest absolute Gasteiger partial charge is 0.508 e. The fourth-order valence-corrected chi connectivity index (χ4v) is 1.31. The molecule has 0 unspecified atom stereocenters. The average Bonchev–Trinajstić information content (AvgIpc) is 2.34. The third-order valence-corrected chi connectivity index (χ3v) is 1.83. The average molecular weight is 150 g/mol. The quantitative estimate of drug-likeness (QED) is 0.600. The van der Waals surface area contributed by atoms with E-state index in [4.69, 9.17) is 5.11 Å². The minimum Gasteiger partial charge on any atom is -0.508 e. The van der Waals surface area contributed by atoms with E-state index in [1.54, 1.807) is 6.07 Å². The maximum atomic E-state index is 13.0. The zero-order valence-corrected chi connectivity index (χ0v) is 5.84. The maximum Gasteiger partial charge on any atom is 0.130 e. The lowest BCUT2D eigenvalue weighted by molar-refractivity contribution is 0.468. The molecule has 0 saturated heterocycles. The first-order valence-corrected chi connectivity index (χ1v) is 3.45. The molecule has 1 N–H and O–H groups in total. The molecule has 11 heavy (non-hydrogen) atoms. The summed E-state index contributed by atoms with van der Waals surface area (Å²) in [6.07, 6.45) is 4.34. The minimum atomic E-state index is -0.315. The van der Waals surface area contributed by atoms with Crippen molar-refractivity contribution in [1.29, 1.82) is 0 Å². The number of benzene rings is 1. The van der Waals surface area contributed by atoms with Crippen molar-refractivity contribution >= 4 is 6.08 Å². The number of phenols is 1. The summed E-state index contributed by atoms with van der Waals surface area (Å²) in [6.45, 7) is 0. The highest BCUT2D eigenvalue weighted by molar-refractivity contribution is 5.61. The second kappa shape index (κ2) is 2.09. The van der Waals surface area contributed by atoms with E-state index >= 15 is 0 Å². The third-order valence-electron chi connectivity index (χ3n) is 1.83. The molecule has 0 amide bonds. The van der Waals surface area contributed by atoms with E-state index in [0.717, 1.165) is 11.6 Å². The lowest BCUT2D eigenvalue weighted by Crippen LogP contribution is -1.87. The molecule has 0 atom stereocenters. The van der Waals surface area contributed by atoms with Crippen LogP contribution in [0.5, 0.6) is 5.75 Å². The Hall–Kier alpha value is -1.31. The van der Waals surface area contributed by atoms with Gasteiger partial charge < -0.3 is 5.11 Å². The zero-order valence-electron chi connectivity index (χ0n) is 5.84. The molecule has 1 aromatic carbocycles. The van der Waals surface area contributed by atoms with E-state index in [0.29, 0.717) is 12.0 Å². The van der Waals surface area contributed by atoms with Gasteiger partial charge in [0.05, 0.1) is 0 Å². The molecule has 1 nitrogen and oxygen atoms in total. The number of fused-ring (bicyclic) bond motifs is 1. The Bertz CT molecular complexity index is 329. The van der Waals surface area contributed by atoms with E-state index in [2.05, 4.69) is 0 Å². The smallest absolute Gasteiger partial charge is 0.130 e. The Kier molecular flexibility index (Phi) is 1.22. The summed E-state index contributed by atoms with van der Waals surface area (Å²) in [4.78, 5) is 0. The van der Waals surface area contributed by atoms with Crippen molar-refractivity contribution in [2.24, 2.45) is 0 Å². The lowest BCUT2D eigenvalue weighted by Gasteiger charge is -2.00. The third kappa shape index (κ3) is 0.909. The molecule has 1 aromatic rings. The summed E-state index contributed by atoms with van der Waals surface area (Å²) in [5.74, 6) is -0.321. The number of halogens is 1. The molecule has 0 saturated carbocycles. The number of rotatable bonds is 0. The predicted octanol–water partition coefficient (Wildman–Crippen LogP) is 2.10. The van der Waals surface area contributed by atoms with Crippen molar-refractivity contribution in [3.8, 4) is 5.75 Å². The van der Waals surface area contributed by atoms with Gasteiger partial charge in [0.2, 0.25) is 0 Å². The van der Waals surface area contributed by atoms with E-state index in [1.807, 2.05) is 12.2 Å². The van der Waals surface area contributed by atoms with Crippen LogP contribution in [0.3, 0.4) is 0 Å². The van der Waals surface area contributed by atoms with Crippen LogP contribution in [0.15, 0.2) is 18.2 Å². The van der Waals surface area contributed by atoms with Gasteiger partial charge in [0, 0.05) is 6.07 Å².